The highest BCUT2D eigenvalue weighted by Gasteiger charge is 2.22. The molecule has 0 saturated carbocycles. The third kappa shape index (κ3) is 4.21. The maximum absolute atomic E-state index is 13.2. The standard InChI is InChI=1S/C24H16ClNO3S2/c1-2-17-20(25)13-8-14-23(17)31(28,29)26-21-15-22(30-16-9-4-3-5-10-16)24(27)19-12-7-6-11-18(19)21/h1,3-15,26-27H. The maximum Gasteiger partial charge on any atom is 0.263 e. The summed E-state index contributed by atoms with van der Waals surface area (Å²) in [5.41, 5.74) is 0.424. The summed E-state index contributed by atoms with van der Waals surface area (Å²) in [4.78, 5) is 1.34. The Morgan fingerprint density at radius 3 is 2.32 bits per heavy atom. The second-order valence-electron chi connectivity index (χ2n) is 6.59. The lowest BCUT2D eigenvalue weighted by molar-refractivity contribution is 0.469. The molecule has 0 saturated heterocycles. The zero-order valence-corrected chi connectivity index (χ0v) is 18.4. The van der Waals surface area contributed by atoms with Crippen LogP contribution in [-0.2, 0) is 10.0 Å². The van der Waals surface area contributed by atoms with Crippen molar-refractivity contribution in [2.24, 2.45) is 0 Å². The molecule has 7 heteroatoms. The van der Waals surface area contributed by atoms with Gasteiger partial charge in [-0.05, 0) is 30.3 Å². The number of anilines is 1. The van der Waals surface area contributed by atoms with Crippen LogP contribution < -0.4 is 4.72 Å². The van der Waals surface area contributed by atoms with Crippen molar-refractivity contribution in [1.82, 2.24) is 0 Å². The highest BCUT2D eigenvalue weighted by molar-refractivity contribution is 7.99. The Kier molecular flexibility index (Phi) is 5.84. The molecule has 0 bridgehead atoms. The molecule has 0 aliphatic heterocycles. The van der Waals surface area contributed by atoms with Crippen molar-refractivity contribution in [1.29, 1.82) is 0 Å². The van der Waals surface area contributed by atoms with Crippen LogP contribution in [0.25, 0.3) is 10.8 Å². The third-order valence-electron chi connectivity index (χ3n) is 4.61. The second-order valence-corrected chi connectivity index (χ2v) is 9.77. The second kappa shape index (κ2) is 8.56. The number of halogens is 1. The lowest BCUT2D eigenvalue weighted by Gasteiger charge is -2.16. The van der Waals surface area contributed by atoms with Crippen LogP contribution in [0.3, 0.4) is 0 Å². The number of hydrogen-bond donors (Lipinski definition) is 2. The van der Waals surface area contributed by atoms with Gasteiger partial charge in [-0.2, -0.15) is 0 Å². The average molecular weight is 466 g/mol. The van der Waals surface area contributed by atoms with Gasteiger partial charge in [-0.3, -0.25) is 4.72 Å². The molecule has 0 aliphatic carbocycles. The van der Waals surface area contributed by atoms with Crippen LogP contribution in [0.5, 0.6) is 5.75 Å². The van der Waals surface area contributed by atoms with E-state index in [1.165, 1.54) is 23.9 Å². The number of nitrogens with one attached hydrogen (secondary N) is 1. The molecule has 0 heterocycles. The first-order valence-corrected chi connectivity index (χ1v) is 11.8. The molecule has 4 nitrogen and oxygen atoms in total. The molecule has 0 fully saturated rings. The number of hydrogen-bond acceptors (Lipinski definition) is 4. The van der Waals surface area contributed by atoms with Crippen LogP contribution in [0, 0.1) is 12.3 Å². The normalized spacial score (nSPS) is 11.2. The van der Waals surface area contributed by atoms with Crippen molar-refractivity contribution >= 4 is 49.8 Å². The summed E-state index contributed by atoms with van der Waals surface area (Å²) >= 11 is 7.44. The van der Waals surface area contributed by atoms with E-state index in [2.05, 4.69) is 10.6 Å². The van der Waals surface area contributed by atoms with E-state index in [0.717, 1.165) is 4.90 Å². The predicted octanol–water partition coefficient (Wildman–Crippen LogP) is 6.13. The number of rotatable bonds is 5. The summed E-state index contributed by atoms with van der Waals surface area (Å²) in [7, 11) is -4.04. The molecule has 31 heavy (non-hydrogen) atoms. The topological polar surface area (TPSA) is 66.4 Å². The van der Waals surface area contributed by atoms with Crippen molar-refractivity contribution in [3.63, 3.8) is 0 Å². The van der Waals surface area contributed by atoms with Crippen molar-refractivity contribution in [3.8, 4) is 18.1 Å². The summed E-state index contributed by atoms with van der Waals surface area (Å²) in [6.07, 6.45) is 5.50. The first-order valence-electron chi connectivity index (χ1n) is 9.16. The largest absolute Gasteiger partial charge is 0.506 e. The molecule has 2 N–H and O–H groups in total. The zero-order valence-electron chi connectivity index (χ0n) is 16.0. The Balaban J connectivity index is 1.85. The van der Waals surface area contributed by atoms with Crippen LogP contribution >= 0.6 is 23.4 Å². The first-order chi connectivity index (χ1) is 14.9. The lowest BCUT2D eigenvalue weighted by atomic mass is 10.1. The van der Waals surface area contributed by atoms with Crippen LogP contribution in [0.15, 0.2) is 93.5 Å². The molecule has 0 amide bonds. The van der Waals surface area contributed by atoms with Gasteiger partial charge in [0.2, 0.25) is 0 Å². The van der Waals surface area contributed by atoms with Crippen LogP contribution in [0.2, 0.25) is 5.02 Å². The van der Waals surface area contributed by atoms with Crippen molar-refractivity contribution in [3.05, 3.63) is 89.4 Å². The minimum absolute atomic E-state index is 0.0828. The van der Waals surface area contributed by atoms with E-state index >= 15 is 0 Å². The molecule has 0 atom stereocenters. The van der Waals surface area contributed by atoms with Crippen molar-refractivity contribution in [2.75, 3.05) is 4.72 Å². The lowest BCUT2D eigenvalue weighted by Crippen LogP contribution is -2.15. The Morgan fingerprint density at radius 1 is 0.935 bits per heavy atom. The van der Waals surface area contributed by atoms with Crippen LogP contribution in [0.4, 0.5) is 5.69 Å². The maximum atomic E-state index is 13.2. The van der Waals surface area contributed by atoms with E-state index < -0.39 is 10.0 Å². The summed E-state index contributed by atoms with van der Waals surface area (Å²) < 4.78 is 29.0. The van der Waals surface area contributed by atoms with Crippen molar-refractivity contribution in [2.45, 2.75) is 14.7 Å². The summed E-state index contributed by atoms with van der Waals surface area (Å²) in [6, 6.07) is 22.6. The first kappa shape index (κ1) is 21.1. The summed E-state index contributed by atoms with van der Waals surface area (Å²) in [5.74, 6) is 2.43. The molecular weight excluding hydrogens is 450 g/mol. The van der Waals surface area contributed by atoms with E-state index in [1.54, 1.807) is 36.4 Å². The van der Waals surface area contributed by atoms with Gasteiger partial charge in [0, 0.05) is 15.7 Å². The Morgan fingerprint density at radius 2 is 1.61 bits per heavy atom. The highest BCUT2D eigenvalue weighted by Crippen LogP contribution is 2.43. The fourth-order valence-electron chi connectivity index (χ4n) is 3.18. The number of fused-ring (bicyclic) bond motifs is 1. The van der Waals surface area contributed by atoms with Gasteiger partial charge < -0.3 is 5.11 Å². The number of sulfonamides is 1. The highest BCUT2D eigenvalue weighted by atomic mass is 35.5. The Bertz CT molecular complexity index is 1430. The third-order valence-corrected chi connectivity index (χ3v) is 7.37. The molecule has 0 radical (unpaired) electrons. The molecule has 0 unspecified atom stereocenters. The zero-order chi connectivity index (χ0) is 22.0. The molecular formula is C24H16ClNO3S2. The van der Waals surface area contributed by atoms with E-state index in [0.29, 0.717) is 21.4 Å². The molecule has 4 rings (SSSR count). The van der Waals surface area contributed by atoms with Gasteiger partial charge in [-0.1, -0.05) is 77.8 Å². The fourth-order valence-corrected chi connectivity index (χ4v) is 5.66. The Hall–Kier alpha value is -3.11. The van der Waals surface area contributed by atoms with Gasteiger partial charge in [0.05, 0.1) is 21.2 Å². The van der Waals surface area contributed by atoms with Gasteiger partial charge in [-0.25, -0.2) is 8.42 Å². The molecule has 0 spiro atoms. The monoisotopic (exact) mass is 465 g/mol. The minimum atomic E-state index is -4.04. The number of benzene rings is 4. The van der Waals surface area contributed by atoms with Gasteiger partial charge in [0.15, 0.2) is 0 Å². The van der Waals surface area contributed by atoms with Crippen LogP contribution in [0.1, 0.15) is 5.56 Å². The molecule has 4 aromatic carbocycles. The predicted molar refractivity (Wildman–Crippen MR) is 126 cm³/mol. The molecule has 4 aromatic rings. The Labute approximate surface area is 189 Å². The van der Waals surface area contributed by atoms with Gasteiger partial charge in [-0.15, -0.1) is 6.42 Å². The molecule has 0 aliphatic rings. The number of phenols is 1. The van der Waals surface area contributed by atoms with E-state index in [1.807, 2.05) is 30.3 Å². The number of aromatic hydroxyl groups is 1. The van der Waals surface area contributed by atoms with E-state index in [9.17, 15) is 13.5 Å². The number of phenolic OH excluding ortho intramolecular Hbond substituents is 1. The van der Waals surface area contributed by atoms with Crippen LogP contribution in [-0.4, -0.2) is 13.5 Å². The number of terminal acetylenes is 1. The quantitative estimate of drug-likeness (QED) is 0.275. The van der Waals surface area contributed by atoms with Gasteiger partial charge in [0.1, 0.15) is 10.6 Å². The van der Waals surface area contributed by atoms with Crippen molar-refractivity contribution < 1.29 is 13.5 Å². The summed E-state index contributed by atoms with van der Waals surface area (Å²) in [5, 5.41) is 12.1. The fraction of sp³-hybridized carbons (Fsp3) is 0. The van der Waals surface area contributed by atoms with E-state index in [-0.39, 0.29) is 21.2 Å². The average Bonchev–Trinajstić information content (AvgIpc) is 2.77. The minimum Gasteiger partial charge on any atom is -0.506 e. The molecule has 0 aromatic heterocycles. The van der Waals surface area contributed by atoms with Gasteiger partial charge in [0.25, 0.3) is 10.0 Å². The molecule has 154 valence electrons. The van der Waals surface area contributed by atoms with Gasteiger partial charge >= 0.3 is 0 Å². The van der Waals surface area contributed by atoms with E-state index in [4.69, 9.17) is 18.0 Å². The smallest absolute Gasteiger partial charge is 0.263 e. The SMILES string of the molecule is C#Cc1c(Cl)cccc1S(=O)(=O)Nc1cc(Sc2ccccc2)c(O)c2ccccc12. The summed E-state index contributed by atoms with van der Waals surface area (Å²) in [6.45, 7) is 0.